The van der Waals surface area contributed by atoms with Crippen LogP contribution in [0.4, 0.5) is 0 Å². The van der Waals surface area contributed by atoms with Gasteiger partial charge in [0.25, 0.3) is 0 Å². The summed E-state index contributed by atoms with van der Waals surface area (Å²) in [6.07, 6.45) is 6.58. The number of hydrogen-bond acceptors (Lipinski definition) is 2. The van der Waals surface area contributed by atoms with Crippen molar-refractivity contribution in [1.82, 2.24) is 0 Å². The van der Waals surface area contributed by atoms with E-state index in [4.69, 9.17) is 0 Å². The van der Waals surface area contributed by atoms with Gasteiger partial charge in [-0.3, -0.25) is 0 Å². The first-order valence-electron chi connectivity index (χ1n) is 8.29. The maximum atomic E-state index is 10.5. The Hall–Kier alpha value is -1.28. The van der Waals surface area contributed by atoms with Crippen LogP contribution in [0.2, 0.25) is 0 Å². The van der Waals surface area contributed by atoms with Crippen molar-refractivity contribution >= 4 is 5.57 Å². The Kier molecular flexibility index (Phi) is 2.07. The molecule has 0 radical (unpaired) electrons. The molecule has 0 saturated heterocycles. The van der Waals surface area contributed by atoms with Crippen LogP contribution in [0.3, 0.4) is 0 Å². The van der Waals surface area contributed by atoms with Crippen molar-refractivity contribution in [2.45, 2.75) is 51.6 Å². The molecule has 0 heterocycles. The van der Waals surface area contributed by atoms with Gasteiger partial charge in [-0.1, -0.05) is 18.6 Å². The topological polar surface area (TPSA) is 40.5 Å². The molecule has 1 aromatic rings. The molecule has 4 atom stereocenters. The zero-order valence-electron chi connectivity index (χ0n) is 12.5. The number of phenols is 1. The molecule has 2 fully saturated rings. The number of allylic oxidation sites excluding steroid dienone is 2. The lowest BCUT2D eigenvalue weighted by Crippen LogP contribution is -2.41. The van der Waals surface area contributed by atoms with Crippen molar-refractivity contribution in [2.75, 3.05) is 0 Å². The third kappa shape index (κ3) is 1.25. The van der Waals surface area contributed by atoms with E-state index in [2.05, 4.69) is 13.0 Å². The van der Waals surface area contributed by atoms with Gasteiger partial charge in [0.15, 0.2) is 0 Å². The molecule has 0 aliphatic heterocycles. The Labute approximate surface area is 125 Å². The van der Waals surface area contributed by atoms with Crippen molar-refractivity contribution in [3.05, 3.63) is 34.9 Å². The molecule has 1 aromatic carbocycles. The molecule has 21 heavy (non-hydrogen) atoms. The van der Waals surface area contributed by atoms with Gasteiger partial charge < -0.3 is 10.2 Å². The largest absolute Gasteiger partial charge is 0.508 e. The predicted molar refractivity (Wildman–Crippen MR) is 81.9 cm³/mol. The molecular formula is C19H22O2. The lowest BCUT2D eigenvalue weighted by Gasteiger charge is -2.46. The van der Waals surface area contributed by atoms with E-state index in [-0.39, 0.29) is 11.5 Å². The number of aromatic hydroxyl groups is 1. The molecule has 4 aliphatic carbocycles. The third-order valence-corrected chi connectivity index (χ3v) is 7.22. The first-order valence-corrected chi connectivity index (χ1v) is 8.29. The first kappa shape index (κ1) is 12.3. The van der Waals surface area contributed by atoms with Gasteiger partial charge in [-0.05, 0) is 73.3 Å². The number of rotatable bonds is 0. The monoisotopic (exact) mass is 282 g/mol. The number of aliphatic hydroxyl groups is 1. The molecule has 110 valence electrons. The number of phenolic OH excluding ortho intramolecular Hbond substituents is 1. The summed E-state index contributed by atoms with van der Waals surface area (Å²) >= 11 is 0. The molecule has 0 aromatic heterocycles. The average molecular weight is 282 g/mol. The maximum Gasteiger partial charge on any atom is 0.115 e. The highest BCUT2D eigenvalue weighted by atomic mass is 16.3. The van der Waals surface area contributed by atoms with Gasteiger partial charge in [-0.25, -0.2) is 0 Å². The van der Waals surface area contributed by atoms with Crippen LogP contribution in [-0.2, 0) is 6.42 Å². The molecule has 1 spiro atoms. The highest BCUT2D eigenvalue weighted by Crippen LogP contribution is 2.80. The van der Waals surface area contributed by atoms with Crippen LogP contribution in [0.1, 0.15) is 50.2 Å². The summed E-state index contributed by atoms with van der Waals surface area (Å²) in [5.41, 5.74) is 6.32. The van der Waals surface area contributed by atoms with Crippen LogP contribution in [-0.4, -0.2) is 16.3 Å². The number of aliphatic hydroxyl groups excluding tert-OH is 1. The highest BCUT2D eigenvalue weighted by molar-refractivity contribution is 5.77. The van der Waals surface area contributed by atoms with E-state index in [1.54, 1.807) is 11.1 Å². The summed E-state index contributed by atoms with van der Waals surface area (Å²) in [5, 5.41) is 20.3. The van der Waals surface area contributed by atoms with Gasteiger partial charge in [-0.15, -0.1) is 0 Å². The first-order chi connectivity index (χ1) is 10.1. The molecule has 2 saturated carbocycles. The van der Waals surface area contributed by atoms with Crippen molar-refractivity contribution in [1.29, 1.82) is 0 Å². The lowest BCUT2D eigenvalue weighted by molar-refractivity contribution is 0.0114. The van der Waals surface area contributed by atoms with E-state index in [0.29, 0.717) is 11.2 Å². The number of aryl methyl sites for hydroxylation is 1. The minimum atomic E-state index is -0.105. The van der Waals surface area contributed by atoms with Crippen molar-refractivity contribution in [2.24, 2.45) is 16.7 Å². The molecule has 0 amide bonds. The lowest BCUT2D eigenvalue weighted by atomic mass is 9.59. The van der Waals surface area contributed by atoms with Gasteiger partial charge in [0.2, 0.25) is 0 Å². The average Bonchev–Trinajstić information content (AvgIpc) is 3.12. The summed E-state index contributed by atoms with van der Waals surface area (Å²) in [4.78, 5) is 0. The van der Waals surface area contributed by atoms with E-state index in [9.17, 15) is 10.2 Å². The van der Waals surface area contributed by atoms with Crippen LogP contribution in [0.15, 0.2) is 23.8 Å². The van der Waals surface area contributed by atoms with E-state index in [1.165, 1.54) is 17.5 Å². The summed E-state index contributed by atoms with van der Waals surface area (Å²) in [6, 6.07) is 5.88. The second-order valence-electron chi connectivity index (χ2n) is 7.84. The fourth-order valence-corrected chi connectivity index (χ4v) is 6.06. The number of benzene rings is 1. The predicted octanol–water partition coefficient (Wildman–Crippen LogP) is 3.66. The Bertz CT molecular complexity index is 689. The van der Waals surface area contributed by atoms with Gasteiger partial charge >= 0.3 is 0 Å². The van der Waals surface area contributed by atoms with Gasteiger partial charge in [-0.2, -0.15) is 0 Å². The standard InChI is InChI=1S/C19H22O2/c1-18-7-6-15-14-4-3-13(20)8-11(14)2-5-16(15)19(18)10-12(19)9-17(18)21/h3-4,8,12,17,20-21H,2,5-7,9-10H2,1H3/t12-,17-,18+,19+/m0/s1. The Morgan fingerprint density at radius 1 is 1.19 bits per heavy atom. The molecule has 2 heteroatoms. The van der Waals surface area contributed by atoms with E-state index in [1.807, 2.05) is 12.1 Å². The smallest absolute Gasteiger partial charge is 0.115 e. The minimum Gasteiger partial charge on any atom is -0.508 e. The molecule has 5 rings (SSSR count). The van der Waals surface area contributed by atoms with Crippen LogP contribution in [0, 0.1) is 16.7 Å². The summed E-state index contributed by atoms with van der Waals surface area (Å²) in [6.45, 7) is 2.33. The zero-order valence-corrected chi connectivity index (χ0v) is 12.5. The Morgan fingerprint density at radius 3 is 2.90 bits per heavy atom. The van der Waals surface area contributed by atoms with Crippen molar-refractivity contribution < 1.29 is 10.2 Å². The Morgan fingerprint density at radius 2 is 2.05 bits per heavy atom. The second kappa shape index (κ2) is 3.55. The molecule has 2 N–H and O–H groups in total. The number of hydrogen-bond donors (Lipinski definition) is 2. The SMILES string of the molecule is C[C@]12CCC3=C(CCc4cc(O)ccc43)[C@]13C[C@@H]3C[C@@H]2O. The molecular weight excluding hydrogens is 260 g/mol. The van der Waals surface area contributed by atoms with Gasteiger partial charge in [0, 0.05) is 10.8 Å². The molecule has 4 aliphatic rings. The van der Waals surface area contributed by atoms with Crippen LogP contribution >= 0.6 is 0 Å². The molecule has 0 unspecified atom stereocenters. The van der Waals surface area contributed by atoms with Crippen LogP contribution < -0.4 is 0 Å². The normalized spacial score (nSPS) is 43.0. The zero-order chi connectivity index (χ0) is 14.4. The van der Waals surface area contributed by atoms with Crippen molar-refractivity contribution in [3.63, 3.8) is 0 Å². The number of fused-ring (bicyclic) bond motifs is 2. The van der Waals surface area contributed by atoms with Crippen molar-refractivity contribution in [3.8, 4) is 5.75 Å². The quantitative estimate of drug-likeness (QED) is 0.762. The van der Waals surface area contributed by atoms with Gasteiger partial charge in [0.1, 0.15) is 5.75 Å². The van der Waals surface area contributed by atoms with Gasteiger partial charge in [0.05, 0.1) is 6.10 Å². The van der Waals surface area contributed by atoms with E-state index >= 15 is 0 Å². The highest BCUT2D eigenvalue weighted by Gasteiger charge is 2.74. The van der Waals surface area contributed by atoms with E-state index < -0.39 is 0 Å². The fraction of sp³-hybridized carbons (Fsp3) is 0.579. The minimum absolute atomic E-state index is 0.105. The summed E-state index contributed by atoms with van der Waals surface area (Å²) in [5.74, 6) is 1.11. The Balaban J connectivity index is 1.70. The summed E-state index contributed by atoms with van der Waals surface area (Å²) in [7, 11) is 0. The third-order valence-electron chi connectivity index (χ3n) is 7.22. The summed E-state index contributed by atoms with van der Waals surface area (Å²) < 4.78 is 0. The maximum absolute atomic E-state index is 10.5. The van der Waals surface area contributed by atoms with Crippen LogP contribution in [0.5, 0.6) is 5.75 Å². The second-order valence-corrected chi connectivity index (χ2v) is 7.84. The fourth-order valence-electron chi connectivity index (χ4n) is 6.06. The van der Waals surface area contributed by atoms with Crippen LogP contribution in [0.25, 0.3) is 5.57 Å². The molecule has 0 bridgehead atoms. The molecule has 2 nitrogen and oxygen atoms in total. The van der Waals surface area contributed by atoms with E-state index in [0.717, 1.165) is 38.0 Å².